The van der Waals surface area contributed by atoms with E-state index in [1.165, 1.54) is 26.1 Å². The maximum absolute atomic E-state index is 5.30. The van der Waals surface area contributed by atoms with Gasteiger partial charge in [-0.3, -0.25) is 0 Å². The Balaban J connectivity index is 2.29. The molecule has 11 heavy (non-hydrogen) atoms. The zero-order valence-electron chi connectivity index (χ0n) is 7.84. The second kappa shape index (κ2) is 4.07. The van der Waals surface area contributed by atoms with E-state index in [1.54, 1.807) is 7.11 Å². The lowest BCUT2D eigenvalue weighted by Gasteiger charge is -2.18. The number of hydrogen-bond acceptors (Lipinski definition) is 2. The van der Waals surface area contributed by atoms with Gasteiger partial charge in [-0.2, -0.15) is 0 Å². The van der Waals surface area contributed by atoms with E-state index in [0.717, 1.165) is 5.92 Å². The van der Waals surface area contributed by atoms with Gasteiger partial charge in [0.05, 0.1) is 6.10 Å². The quantitative estimate of drug-likeness (QED) is 0.613. The highest BCUT2D eigenvalue weighted by Gasteiger charge is 2.25. The van der Waals surface area contributed by atoms with Crippen molar-refractivity contribution in [1.29, 1.82) is 0 Å². The number of nitrogens with zero attached hydrogens (tertiary/aromatic N) is 1. The van der Waals surface area contributed by atoms with Crippen LogP contribution in [0.5, 0.6) is 0 Å². The van der Waals surface area contributed by atoms with Gasteiger partial charge in [-0.1, -0.05) is 6.92 Å². The first-order chi connectivity index (χ1) is 5.27. The summed E-state index contributed by atoms with van der Waals surface area (Å²) in [6.45, 7) is 8.07. The van der Waals surface area contributed by atoms with E-state index < -0.39 is 0 Å². The second-order valence-electron chi connectivity index (χ2n) is 3.38. The minimum absolute atomic E-state index is 0.437. The second-order valence-corrected chi connectivity index (χ2v) is 3.38. The molecule has 0 aromatic rings. The molecule has 0 radical (unpaired) electrons. The first kappa shape index (κ1) is 9.01. The van der Waals surface area contributed by atoms with Gasteiger partial charge in [0.25, 0.3) is 0 Å². The van der Waals surface area contributed by atoms with E-state index in [-0.39, 0.29) is 0 Å². The fourth-order valence-electron chi connectivity index (χ4n) is 1.73. The van der Waals surface area contributed by atoms with Crippen LogP contribution in [-0.4, -0.2) is 37.7 Å². The van der Waals surface area contributed by atoms with Gasteiger partial charge in [0.15, 0.2) is 0 Å². The minimum atomic E-state index is 0.437. The van der Waals surface area contributed by atoms with Gasteiger partial charge in [0.1, 0.15) is 0 Å². The molecule has 1 aliphatic rings. The molecule has 0 aromatic carbocycles. The first-order valence-corrected chi connectivity index (χ1v) is 4.53. The van der Waals surface area contributed by atoms with Crippen molar-refractivity contribution in [1.82, 2.24) is 4.90 Å². The Morgan fingerprint density at radius 2 is 2.36 bits per heavy atom. The zero-order chi connectivity index (χ0) is 8.27. The van der Waals surface area contributed by atoms with Crippen molar-refractivity contribution < 1.29 is 4.74 Å². The molecule has 1 heterocycles. The third-order valence-electron chi connectivity index (χ3n) is 2.79. The van der Waals surface area contributed by atoms with Crippen molar-refractivity contribution in [2.75, 3.05) is 26.7 Å². The van der Waals surface area contributed by atoms with Gasteiger partial charge < -0.3 is 9.64 Å². The molecular formula is C9H19NO. The summed E-state index contributed by atoms with van der Waals surface area (Å²) in [6, 6.07) is 0. The van der Waals surface area contributed by atoms with Crippen LogP contribution in [-0.2, 0) is 4.74 Å². The molecule has 0 N–H and O–H groups in total. The van der Waals surface area contributed by atoms with E-state index in [1.807, 2.05) is 0 Å². The average Bonchev–Trinajstić information content (AvgIpc) is 2.50. The summed E-state index contributed by atoms with van der Waals surface area (Å²) >= 11 is 0. The number of methoxy groups -OCH3 is 1. The molecule has 0 saturated carbocycles. The summed E-state index contributed by atoms with van der Waals surface area (Å²) in [6.07, 6.45) is 1.74. The number of likely N-dealkylation sites (tertiary alicyclic amines) is 1. The van der Waals surface area contributed by atoms with Gasteiger partial charge >= 0.3 is 0 Å². The minimum Gasteiger partial charge on any atom is -0.381 e. The molecule has 0 spiro atoms. The summed E-state index contributed by atoms with van der Waals surface area (Å²) in [7, 11) is 1.80. The van der Waals surface area contributed by atoms with E-state index in [0.29, 0.717) is 6.10 Å². The molecule has 0 aliphatic carbocycles. The lowest BCUT2D eigenvalue weighted by Crippen LogP contribution is -2.25. The monoisotopic (exact) mass is 157 g/mol. The van der Waals surface area contributed by atoms with Crippen LogP contribution in [0.25, 0.3) is 0 Å². The van der Waals surface area contributed by atoms with Crippen LogP contribution in [0.4, 0.5) is 0 Å². The third kappa shape index (κ3) is 2.17. The summed E-state index contributed by atoms with van der Waals surface area (Å²) in [5, 5.41) is 0. The van der Waals surface area contributed by atoms with Gasteiger partial charge in [-0.25, -0.2) is 0 Å². The molecular weight excluding hydrogens is 138 g/mol. The Hall–Kier alpha value is -0.0800. The Morgan fingerprint density at radius 3 is 2.82 bits per heavy atom. The van der Waals surface area contributed by atoms with Crippen LogP contribution < -0.4 is 0 Å². The fourth-order valence-corrected chi connectivity index (χ4v) is 1.73. The molecule has 0 unspecified atom stereocenters. The van der Waals surface area contributed by atoms with Crippen LogP contribution >= 0.6 is 0 Å². The van der Waals surface area contributed by atoms with E-state index in [4.69, 9.17) is 4.74 Å². The summed E-state index contributed by atoms with van der Waals surface area (Å²) in [5.74, 6) is 0.764. The summed E-state index contributed by atoms with van der Waals surface area (Å²) in [5.41, 5.74) is 0. The van der Waals surface area contributed by atoms with Crippen molar-refractivity contribution in [3.05, 3.63) is 0 Å². The van der Waals surface area contributed by atoms with Crippen molar-refractivity contribution in [3.63, 3.8) is 0 Å². The largest absolute Gasteiger partial charge is 0.381 e. The molecule has 66 valence electrons. The molecule has 1 fully saturated rings. The van der Waals surface area contributed by atoms with Gasteiger partial charge in [0, 0.05) is 13.7 Å². The maximum atomic E-state index is 5.30. The van der Waals surface area contributed by atoms with Crippen LogP contribution in [0.3, 0.4) is 0 Å². The van der Waals surface area contributed by atoms with E-state index in [9.17, 15) is 0 Å². The van der Waals surface area contributed by atoms with Crippen LogP contribution in [0.15, 0.2) is 0 Å². The van der Waals surface area contributed by atoms with Crippen molar-refractivity contribution in [2.45, 2.75) is 26.4 Å². The van der Waals surface area contributed by atoms with Crippen molar-refractivity contribution in [3.8, 4) is 0 Å². The number of hydrogen-bond donors (Lipinski definition) is 0. The van der Waals surface area contributed by atoms with Gasteiger partial charge in [-0.05, 0) is 32.4 Å². The molecule has 1 saturated heterocycles. The molecule has 1 rings (SSSR count). The summed E-state index contributed by atoms with van der Waals surface area (Å²) < 4.78 is 5.30. The maximum Gasteiger partial charge on any atom is 0.0584 e. The van der Waals surface area contributed by atoms with Gasteiger partial charge in [-0.15, -0.1) is 0 Å². The van der Waals surface area contributed by atoms with E-state index in [2.05, 4.69) is 18.7 Å². The predicted octanol–water partition coefficient (Wildman–Crippen LogP) is 1.36. The number of ether oxygens (including phenoxy) is 1. The molecule has 0 bridgehead atoms. The molecule has 0 amide bonds. The van der Waals surface area contributed by atoms with Crippen LogP contribution in [0.2, 0.25) is 0 Å². The molecule has 1 aliphatic heterocycles. The highest BCUT2D eigenvalue weighted by Crippen LogP contribution is 2.20. The third-order valence-corrected chi connectivity index (χ3v) is 2.79. The lowest BCUT2D eigenvalue weighted by molar-refractivity contribution is 0.0699. The Labute approximate surface area is 69.5 Å². The van der Waals surface area contributed by atoms with Crippen molar-refractivity contribution >= 4 is 0 Å². The smallest absolute Gasteiger partial charge is 0.0584 e. The Bertz CT molecular complexity index is 116. The topological polar surface area (TPSA) is 12.5 Å². The SMILES string of the molecule is CCN1CC[C@H]([C@@H](C)OC)C1. The predicted molar refractivity (Wildman–Crippen MR) is 46.7 cm³/mol. The van der Waals surface area contributed by atoms with Crippen LogP contribution in [0, 0.1) is 5.92 Å². The highest BCUT2D eigenvalue weighted by atomic mass is 16.5. The fraction of sp³-hybridized carbons (Fsp3) is 1.00. The molecule has 2 atom stereocenters. The average molecular weight is 157 g/mol. The Morgan fingerprint density at radius 1 is 1.64 bits per heavy atom. The highest BCUT2D eigenvalue weighted by molar-refractivity contribution is 4.78. The standard InChI is InChI=1S/C9H19NO/c1-4-10-6-5-9(7-10)8(2)11-3/h8-9H,4-7H2,1-3H3/t8-,9+/m1/s1. The lowest BCUT2D eigenvalue weighted by atomic mass is 10.0. The molecule has 2 heteroatoms. The molecule has 2 nitrogen and oxygen atoms in total. The summed E-state index contributed by atoms with van der Waals surface area (Å²) in [4.78, 5) is 2.49. The zero-order valence-corrected chi connectivity index (χ0v) is 7.84. The first-order valence-electron chi connectivity index (χ1n) is 4.53. The van der Waals surface area contributed by atoms with Gasteiger partial charge in [0.2, 0.25) is 0 Å². The number of rotatable bonds is 3. The molecule has 0 aromatic heterocycles. The van der Waals surface area contributed by atoms with Crippen LogP contribution in [0.1, 0.15) is 20.3 Å². The van der Waals surface area contributed by atoms with Crippen molar-refractivity contribution in [2.24, 2.45) is 5.92 Å². The van der Waals surface area contributed by atoms with E-state index >= 15 is 0 Å². The normalized spacial score (nSPS) is 29.2. The Kier molecular flexibility index (Phi) is 3.34.